The molecule has 6 heteroatoms. The van der Waals surface area contributed by atoms with Crippen molar-refractivity contribution in [2.75, 3.05) is 13.7 Å². The van der Waals surface area contributed by atoms with E-state index in [0.29, 0.717) is 12.4 Å². The summed E-state index contributed by atoms with van der Waals surface area (Å²) in [5.41, 5.74) is 0.807. The Morgan fingerprint density at radius 2 is 2.28 bits per heavy atom. The normalized spacial score (nSPS) is 10.1. The third-order valence-electron chi connectivity index (χ3n) is 2.20. The average molecular weight is 264 g/mol. The van der Waals surface area contributed by atoms with E-state index in [2.05, 4.69) is 9.36 Å². The second-order valence-electron chi connectivity index (χ2n) is 3.38. The van der Waals surface area contributed by atoms with Crippen molar-refractivity contribution < 1.29 is 14.3 Å². The standard InChI is InChI=1S/C12H12N2O3S/c1-3-17-12(15)11-13-10(14-18-11)8-5-4-6-9(7-8)16-2/h4-7H,3H2,1-2H3. The molecule has 0 spiro atoms. The summed E-state index contributed by atoms with van der Waals surface area (Å²) in [7, 11) is 1.59. The van der Waals surface area contributed by atoms with E-state index in [1.54, 1.807) is 14.0 Å². The highest BCUT2D eigenvalue weighted by molar-refractivity contribution is 7.07. The van der Waals surface area contributed by atoms with E-state index in [1.807, 2.05) is 24.3 Å². The Bertz CT molecular complexity index is 554. The zero-order valence-electron chi connectivity index (χ0n) is 10.0. The van der Waals surface area contributed by atoms with Gasteiger partial charge in [0, 0.05) is 5.56 Å². The number of methoxy groups -OCH3 is 1. The largest absolute Gasteiger partial charge is 0.497 e. The van der Waals surface area contributed by atoms with Crippen molar-refractivity contribution in [3.8, 4) is 17.1 Å². The molecule has 0 aliphatic heterocycles. The summed E-state index contributed by atoms with van der Waals surface area (Å²) >= 11 is 1.03. The molecule has 18 heavy (non-hydrogen) atoms. The lowest BCUT2D eigenvalue weighted by Crippen LogP contribution is -2.03. The molecule has 0 saturated heterocycles. The summed E-state index contributed by atoms with van der Waals surface area (Å²) in [5, 5.41) is 0.259. The third-order valence-corrected chi connectivity index (χ3v) is 2.90. The van der Waals surface area contributed by atoms with E-state index >= 15 is 0 Å². The summed E-state index contributed by atoms with van der Waals surface area (Å²) < 4.78 is 14.1. The van der Waals surface area contributed by atoms with E-state index in [-0.39, 0.29) is 5.01 Å². The zero-order chi connectivity index (χ0) is 13.0. The van der Waals surface area contributed by atoms with Crippen molar-refractivity contribution >= 4 is 17.5 Å². The summed E-state index contributed by atoms with van der Waals surface area (Å²) in [6, 6.07) is 7.36. The number of hydrogen-bond donors (Lipinski definition) is 0. The number of esters is 1. The Kier molecular flexibility index (Phi) is 3.88. The Labute approximate surface area is 109 Å². The number of hydrogen-bond acceptors (Lipinski definition) is 6. The topological polar surface area (TPSA) is 61.3 Å². The van der Waals surface area contributed by atoms with Gasteiger partial charge in [-0.1, -0.05) is 12.1 Å². The minimum absolute atomic E-state index is 0.259. The smallest absolute Gasteiger partial charge is 0.369 e. The lowest BCUT2D eigenvalue weighted by atomic mass is 10.2. The highest BCUT2D eigenvalue weighted by Gasteiger charge is 2.14. The van der Waals surface area contributed by atoms with Crippen LogP contribution in [0.2, 0.25) is 0 Å². The van der Waals surface area contributed by atoms with Crippen LogP contribution in [0, 0.1) is 0 Å². The van der Waals surface area contributed by atoms with Crippen molar-refractivity contribution in [2.24, 2.45) is 0 Å². The number of nitrogens with zero attached hydrogens (tertiary/aromatic N) is 2. The van der Waals surface area contributed by atoms with Crippen LogP contribution >= 0.6 is 11.5 Å². The molecule has 0 amide bonds. The Morgan fingerprint density at radius 1 is 1.44 bits per heavy atom. The average Bonchev–Trinajstić information content (AvgIpc) is 2.89. The SMILES string of the molecule is CCOC(=O)c1nc(-c2cccc(OC)c2)ns1. The molecule has 5 nitrogen and oxygen atoms in total. The third kappa shape index (κ3) is 2.65. The van der Waals surface area contributed by atoms with Gasteiger partial charge >= 0.3 is 5.97 Å². The lowest BCUT2D eigenvalue weighted by Gasteiger charge is -2.00. The molecule has 1 heterocycles. The van der Waals surface area contributed by atoms with Crippen LogP contribution in [0.25, 0.3) is 11.4 Å². The van der Waals surface area contributed by atoms with Gasteiger partial charge in [-0.25, -0.2) is 9.78 Å². The lowest BCUT2D eigenvalue weighted by molar-refractivity contribution is 0.0526. The van der Waals surface area contributed by atoms with Crippen molar-refractivity contribution in [1.29, 1.82) is 0 Å². The first-order chi connectivity index (χ1) is 8.74. The molecule has 0 bridgehead atoms. The maximum atomic E-state index is 11.5. The molecule has 2 aromatic rings. The highest BCUT2D eigenvalue weighted by Crippen LogP contribution is 2.22. The van der Waals surface area contributed by atoms with Gasteiger partial charge < -0.3 is 9.47 Å². The first-order valence-corrected chi connectivity index (χ1v) is 6.17. The number of benzene rings is 1. The van der Waals surface area contributed by atoms with Crippen LogP contribution in [0.4, 0.5) is 0 Å². The molecule has 94 valence electrons. The van der Waals surface area contributed by atoms with Crippen LogP contribution in [0.5, 0.6) is 5.75 Å². The fourth-order valence-electron chi connectivity index (χ4n) is 1.38. The van der Waals surface area contributed by atoms with Gasteiger partial charge in [0.1, 0.15) is 5.75 Å². The minimum Gasteiger partial charge on any atom is -0.497 e. The van der Waals surface area contributed by atoms with Gasteiger partial charge in [-0.2, -0.15) is 4.37 Å². The molecule has 0 unspecified atom stereocenters. The molecule has 1 aromatic carbocycles. The maximum Gasteiger partial charge on any atom is 0.369 e. The van der Waals surface area contributed by atoms with Crippen LogP contribution in [0.15, 0.2) is 24.3 Å². The first kappa shape index (κ1) is 12.5. The van der Waals surface area contributed by atoms with E-state index in [4.69, 9.17) is 9.47 Å². The number of carbonyl (C=O) groups excluding carboxylic acids is 1. The summed E-state index contributed by atoms with van der Waals surface area (Å²) in [6.07, 6.45) is 0. The molecule has 0 atom stereocenters. The molecule has 0 radical (unpaired) electrons. The van der Waals surface area contributed by atoms with E-state index in [1.165, 1.54) is 0 Å². The Morgan fingerprint density at radius 3 is 3.00 bits per heavy atom. The highest BCUT2D eigenvalue weighted by atomic mass is 32.1. The van der Waals surface area contributed by atoms with E-state index in [0.717, 1.165) is 22.8 Å². The van der Waals surface area contributed by atoms with Crippen LogP contribution in [-0.2, 0) is 4.74 Å². The van der Waals surface area contributed by atoms with E-state index < -0.39 is 5.97 Å². The fourth-order valence-corrected chi connectivity index (χ4v) is 1.96. The number of aromatic nitrogens is 2. The van der Waals surface area contributed by atoms with Gasteiger partial charge in [0.05, 0.1) is 13.7 Å². The number of rotatable bonds is 4. The van der Waals surface area contributed by atoms with Crippen molar-refractivity contribution in [3.63, 3.8) is 0 Å². The van der Waals surface area contributed by atoms with Crippen LogP contribution < -0.4 is 4.74 Å². The molecule has 0 saturated carbocycles. The van der Waals surface area contributed by atoms with Crippen LogP contribution in [0.3, 0.4) is 0 Å². The van der Waals surface area contributed by atoms with Crippen molar-refractivity contribution in [2.45, 2.75) is 6.92 Å². The molecule has 0 aliphatic carbocycles. The van der Waals surface area contributed by atoms with Crippen molar-refractivity contribution in [1.82, 2.24) is 9.36 Å². The molecular weight excluding hydrogens is 252 g/mol. The number of ether oxygens (including phenoxy) is 2. The second kappa shape index (κ2) is 5.59. The molecule has 1 aromatic heterocycles. The van der Waals surface area contributed by atoms with Crippen molar-refractivity contribution in [3.05, 3.63) is 29.3 Å². The second-order valence-corrected chi connectivity index (χ2v) is 4.13. The summed E-state index contributed by atoms with van der Waals surface area (Å²) in [5.74, 6) is 0.783. The predicted molar refractivity (Wildman–Crippen MR) is 67.9 cm³/mol. The monoisotopic (exact) mass is 264 g/mol. The minimum atomic E-state index is -0.441. The molecule has 2 rings (SSSR count). The maximum absolute atomic E-state index is 11.5. The van der Waals surface area contributed by atoms with Gasteiger partial charge in [-0.15, -0.1) is 0 Å². The van der Waals surface area contributed by atoms with Gasteiger partial charge in [0.15, 0.2) is 5.82 Å². The quantitative estimate of drug-likeness (QED) is 0.793. The van der Waals surface area contributed by atoms with Gasteiger partial charge in [0.25, 0.3) is 0 Å². The fraction of sp³-hybridized carbons (Fsp3) is 0.250. The zero-order valence-corrected chi connectivity index (χ0v) is 10.9. The summed E-state index contributed by atoms with van der Waals surface area (Å²) in [4.78, 5) is 15.6. The van der Waals surface area contributed by atoms with Crippen LogP contribution in [0.1, 0.15) is 16.7 Å². The van der Waals surface area contributed by atoms with E-state index in [9.17, 15) is 4.79 Å². The summed E-state index contributed by atoms with van der Waals surface area (Å²) in [6.45, 7) is 2.08. The van der Waals surface area contributed by atoms with Gasteiger partial charge in [-0.05, 0) is 30.6 Å². The molecule has 0 N–H and O–H groups in total. The van der Waals surface area contributed by atoms with Gasteiger partial charge in [-0.3, -0.25) is 0 Å². The molecule has 0 fully saturated rings. The Balaban J connectivity index is 2.26. The van der Waals surface area contributed by atoms with Crippen LogP contribution in [-0.4, -0.2) is 29.0 Å². The van der Waals surface area contributed by atoms with Gasteiger partial charge in [0.2, 0.25) is 5.01 Å². The molecular formula is C12H12N2O3S. The number of carbonyl (C=O) groups is 1. The predicted octanol–water partition coefficient (Wildman–Crippen LogP) is 2.39. The molecule has 0 aliphatic rings. The first-order valence-electron chi connectivity index (χ1n) is 5.40. The Hall–Kier alpha value is -1.95.